The van der Waals surface area contributed by atoms with E-state index in [-0.39, 0.29) is 6.61 Å². The van der Waals surface area contributed by atoms with Gasteiger partial charge < -0.3 is 4.74 Å². The molecule has 9 heavy (non-hydrogen) atoms. The zero-order valence-electron chi connectivity index (χ0n) is 4.73. The highest BCUT2D eigenvalue weighted by molar-refractivity contribution is 6.67. The molecule has 0 bridgehead atoms. The normalized spacial score (nSPS) is 15.7. The van der Waals surface area contributed by atoms with Crippen molar-refractivity contribution in [3.05, 3.63) is 0 Å². The van der Waals surface area contributed by atoms with E-state index < -0.39 is 10.1 Å². The van der Waals surface area contributed by atoms with Crippen LogP contribution in [-0.2, 0) is 9.84 Å². The Bertz CT molecular complexity index is 78.4. The first-order chi connectivity index (χ1) is 3.92. The molecule has 0 amide bonds. The second-order valence-corrected chi connectivity index (χ2v) is 4.01. The van der Waals surface area contributed by atoms with Crippen LogP contribution in [0, 0.1) is 0 Å². The first kappa shape index (κ1) is 9.79. The smallest absolute Gasteiger partial charge is 0.213 e. The molecule has 1 radical (unpaired) electrons. The molecule has 0 aromatic heterocycles. The minimum absolute atomic E-state index is 0.164. The summed E-state index contributed by atoms with van der Waals surface area (Å²) >= 11 is 15.7. The van der Waals surface area contributed by atoms with Crippen molar-refractivity contribution in [3.63, 3.8) is 0 Å². The van der Waals surface area contributed by atoms with Crippen LogP contribution >= 0.6 is 34.8 Å². The van der Waals surface area contributed by atoms with E-state index in [0.717, 1.165) is 0 Å². The number of halogens is 3. The van der Waals surface area contributed by atoms with Gasteiger partial charge in [0, 0.05) is 0 Å². The standard InChI is InChI=1S/C4H6Cl3O2/c1-3(8)9-2-4(5,6)7/h3H,2H2,1H3. The second-order valence-electron chi connectivity index (χ2n) is 1.49. The summed E-state index contributed by atoms with van der Waals surface area (Å²) in [4.78, 5) is 0. The zero-order chi connectivity index (χ0) is 7.49. The summed E-state index contributed by atoms with van der Waals surface area (Å²) < 4.78 is 2.98. The van der Waals surface area contributed by atoms with Gasteiger partial charge in [0.1, 0.15) is 0 Å². The molecule has 5 heteroatoms. The molecule has 0 aromatic carbocycles. The molecule has 1 unspecified atom stereocenters. The van der Waals surface area contributed by atoms with Gasteiger partial charge in [-0.25, -0.2) is 5.11 Å². The Labute approximate surface area is 68.7 Å². The van der Waals surface area contributed by atoms with Gasteiger partial charge in [-0.05, 0) is 6.92 Å². The minimum Gasteiger partial charge on any atom is -0.345 e. The van der Waals surface area contributed by atoms with Crippen LogP contribution in [0.2, 0.25) is 0 Å². The molecule has 0 aliphatic rings. The largest absolute Gasteiger partial charge is 0.345 e. The predicted octanol–water partition coefficient (Wildman–Crippen LogP) is 2.15. The number of alkyl halides is 3. The molecule has 0 heterocycles. The van der Waals surface area contributed by atoms with Crippen LogP contribution in [-0.4, -0.2) is 16.7 Å². The van der Waals surface area contributed by atoms with E-state index in [9.17, 15) is 5.11 Å². The quantitative estimate of drug-likeness (QED) is 0.487. The summed E-state index contributed by atoms with van der Waals surface area (Å²) in [6, 6.07) is 0. The van der Waals surface area contributed by atoms with Gasteiger partial charge in [-0.3, -0.25) is 0 Å². The van der Waals surface area contributed by atoms with E-state index in [4.69, 9.17) is 34.8 Å². The van der Waals surface area contributed by atoms with Crippen LogP contribution in [0.1, 0.15) is 6.92 Å². The topological polar surface area (TPSA) is 29.1 Å². The van der Waals surface area contributed by atoms with Crippen LogP contribution in [0.25, 0.3) is 0 Å². The van der Waals surface area contributed by atoms with E-state index in [1.165, 1.54) is 6.92 Å². The summed E-state index contributed by atoms with van der Waals surface area (Å²) in [7, 11) is 0. The maximum atomic E-state index is 10.2. The molecule has 1 atom stereocenters. The fraction of sp³-hybridized carbons (Fsp3) is 1.00. The fourth-order valence-corrected chi connectivity index (χ4v) is 0.401. The van der Waals surface area contributed by atoms with Gasteiger partial charge in [0.05, 0.1) is 6.61 Å². The molecule has 0 rings (SSSR count). The predicted molar refractivity (Wildman–Crippen MR) is 36.4 cm³/mol. The highest BCUT2D eigenvalue weighted by atomic mass is 35.6. The summed E-state index contributed by atoms with van der Waals surface area (Å²) in [5.41, 5.74) is 0. The Morgan fingerprint density at radius 2 is 2.00 bits per heavy atom. The Hall–Kier alpha value is 0.790. The summed E-state index contributed by atoms with van der Waals surface area (Å²) in [5, 5.41) is 10.2. The maximum Gasteiger partial charge on any atom is 0.213 e. The highest BCUT2D eigenvalue weighted by Gasteiger charge is 2.20. The molecule has 2 nitrogen and oxygen atoms in total. The van der Waals surface area contributed by atoms with Gasteiger partial charge in [-0.15, -0.1) is 0 Å². The van der Waals surface area contributed by atoms with Crippen molar-refractivity contribution < 1.29 is 9.84 Å². The Balaban J connectivity index is 3.28. The third-order valence-electron chi connectivity index (χ3n) is 0.482. The van der Waals surface area contributed by atoms with Gasteiger partial charge in [0.2, 0.25) is 3.79 Å². The first-order valence-corrected chi connectivity index (χ1v) is 3.39. The third kappa shape index (κ3) is 8.79. The molecule has 0 saturated carbocycles. The Morgan fingerprint density at radius 1 is 1.56 bits per heavy atom. The van der Waals surface area contributed by atoms with E-state index >= 15 is 0 Å². The average Bonchev–Trinajstić information content (AvgIpc) is 1.59. The summed E-state index contributed by atoms with van der Waals surface area (Å²) in [6.45, 7) is 1.17. The number of ether oxygens (including phenoxy) is 1. The second kappa shape index (κ2) is 3.84. The summed E-state index contributed by atoms with van der Waals surface area (Å²) in [6.07, 6.45) is -1.14. The van der Waals surface area contributed by atoms with E-state index in [2.05, 4.69) is 4.74 Å². The molecule has 0 aliphatic heterocycles. The van der Waals surface area contributed by atoms with Crippen LogP contribution in [0.5, 0.6) is 0 Å². The molecule has 0 aromatic rings. The van der Waals surface area contributed by atoms with Gasteiger partial charge in [0.25, 0.3) is 0 Å². The van der Waals surface area contributed by atoms with E-state index in [0.29, 0.717) is 0 Å². The van der Waals surface area contributed by atoms with Crippen LogP contribution in [0.4, 0.5) is 0 Å². The van der Waals surface area contributed by atoms with Crippen molar-refractivity contribution in [2.75, 3.05) is 6.61 Å². The first-order valence-electron chi connectivity index (χ1n) is 2.26. The van der Waals surface area contributed by atoms with Crippen molar-refractivity contribution in [2.45, 2.75) is 17.0 Å². The van der Waals surface area contributed by atoms with Gasteiger partial charge in [-0.2, -0.15) is 0 Å². The lowest BCUT2D eigenvalue weighted by Crippen LogP contribution is -2.17. The number of hydrogen-bond acceptors (Lipinski definition) is 1. The van der Waals surface area contributed by atoms with E-state index in [1.807, 2.05) is 0 Å². The van der Waals surface area contributed by atoms with Gasteiger partial charge in [0.15, 0.2) is 6.29 Å². The van der Waals surface area contributed by atoms with Crippen molar-refractivity contribution >= 4 is 34.8 Å². The SMILES string of the molecule is CC([O])OCC(Cl)(Cl)Cl. The Kier molecular flexibility index (Phi) is 4.17. The number of rotatable bonds is 2. The van der Waals surface area contributed by atoms with Crippen molar-refractivity contribution in [1.82, 2.24) is 0 Å². The van der Waals surface area contributed by atoms with Crippen molar-refractivity contribution in [3.8, 4) is 0 Å². The molecule has 0 spiro atoms. The van der Waals surface area contributed by atoms with Crippen LogP contribution < -0.4 is 0 Å². The molecule has 0 fully saturated rings. The number of hydrogen-bond donors (Lipinski definition) is 0. The lowest BCUT2D eigenvalue weighted by Gasteiger charge is -2.11. The lowest BCUT2D eigenvalue weighted by atomic mass is 10.7. The lowest BCUT2D eigenvalue weighted by molar-refractivity contribution is -0.125. The van der Waals surface area contributed by atoms with Crippen molar-refractivity contribution in [2.24, 2.45) is 0 Å². The fourth-order valence-electron chi connectivity index (χ4n) is 0.212. The minimum atomic E-state index is -1.47. The monoisotopic (exact) mass is 191 g/mol. The average molecular weight is 192 g/mol. The van der Waals surface area contributed by atoms with Gasteiger partial charge >= 0.3 is 0 Å². The third-order valence-corrected chi connectivity index (χ3v) is 0.809. The van der Waals surface area contributed by atoms with Crippen molar-refractivity contribution in [1.29, 1.82) is 0 Å². The molecule has 0 N–H and O–H groups in total. The van der Waals surface area contributed by atoms with Crippen LogP contribution in [0.3, 0.4) is 0 Å². The molecule has 55 valence electrons. The molecular weight excluding hydrogens is 186 g/mol. The molecular formula is C4H6Cl3O2. The summed E-state index contributed by atoms with van der Waals surface area (Å²) in [5.74, 6) is 0. The molecule has 0 aliphatic carbocycles. The van der Waals surface area contributed by atoms with Crippen LogP contribution in [0.15, 0.2) is 0 Å². The zero-order valence-corrected chi connectivity index (χ0v) is 7.00. The Morgan fingerprint density at radius 3 is 2.11 bits per heavy atom. The van der Waals surface area contributed by atoms with E-state index in [1.54, 1.807) is 0 Å². The maximum absolute atomic E-state index is 10.2. The highest BCUT2D eigenvalue weighted by Crippen LogP contribution is 2.26. The molecule has 0 saturated heterocycles. The van der Waals surface area contributed by atoms with Gasteiger partial charge in [-0.1, -0.05) is 34.8 Å².